The van der Waals surface area contributed by atoms with Gasteiger partial charge in [0.25, 0.3) is 0 Å². The van der Waals surface area contributed by atoms with Crippen LogP contribution in [0.3, 0.4) is 0 Å². The van der Waals surface area contributed by atoms with E-state index in [4.69, 9.17) is 0 Å². The first-order chi connectivity index (χ1) is 10.9. The molecule has 110 valence electrons. The van der Waals surface area contributed by atoms with Gasteiger partial charge in [-0.15, -0.1) is 5.10 Å². The lowest BCUT2D eigenvalue weighted by atomic mass is 10.1. The predicted octanol–water partition coefficient (Wildman–Crippen LogP) is 4.45. The van der Waals surface area contributed by atoms with Crippen LogP contribution in [-0.2, 0) is 0 Å². The molecule has 2 aromatic carbocycles. The molecule has 0 unspecified atom stereocenters. The molecule has 1 fully saturated rings. The normalized spacial score (nSPS) is 20.0. The molecule has 3 nitrogen and oxygen atoms in total. The summed E-state index contributed by atoms with van der Waals surface area (Å²) in [4.78, 5) is 0. The van der Waals surface area contributed by atoms with E-state index in [0.717, 1.165) is 22.9 Å². The van der Waals surface area contributed by atoms with Gasteiger partial charge in [0.15, 0.2) is 0 Å². The predicted molar refractivity (Wildman–Crippen MR) is 87.9 cm³/mol. The van der Waals surface area contributed by atoms with Gasteiger partial charge in [0.2, 0.25) is 0 Å². The Bertz CT molecular complexity index is 776. The van der Waals surface area contributed by atoms with Crippen LogP contribution in [0.1, 0.15) is 31.2 Å². The van der Waals surface area contributed by atoms with Crippen molar-refractivity contribution < 1.29 is 0 Å². The van der Waals surface area contributed by atoms with Gasteiger partial charge in [-0.25, -0.2) is 4.68 Å². The number of hydrogen-bond acceptors (Lipinski definition) is 2. The molecule has 2 atom stereocenters. The quantitative estimate of drug-likeness (QED) is 0.710. The third-order valence-electron chi connectivity index (χ3n) is 4.59. The molecular weight excluding hydrogens is 270 g/mol. The van der Waals surface area contributed by atoms with Gasteiger partial charge in [-0.05, 0) is 29.9 Å². The van der Waals surface area contributed by atoms with E-state index in [1.165, 1.54) is 18.4 Å². The average molecular weight is 289 g/mol. The van der Waals surface area contributed by atoms with Gasteiger partial charge >= 0.3 is 0 Å². The van der Waals surface area contributed by atoms with E-state index in [-0.39, 0.29) is 0 Å². The minimum absolute atomic E-state index is 0.686. The summed E-state index contributed by atoms with van der Waals surface area (Å²) in [6, 6.07) is 18.8. The third-order valence-corrected chi connectivity index (χ3v) is 4.59. The second-order valence-electron chi connectivity index (χ2n) is 5.98. The van der Waals surface area contributed by atoms with Crippen LogP contribution in [0.25, 0.3) is 16.9 Å². The Morgan fingerprint density at radius 3 is 2.59 bits per heavy atom. The first-order valence-electron chi connectivity index (χ1n) is 7.94. The number of nitrogens with zero attached hydrogens (tertiary/aromatic N) is 3. The van der Waals surface area contributed by atoms with Gasteiger partial charge in [0, 0.05) is 5.56 Å². The van der Waals surface area contributed by atoms with Crippen molar-refractivity contribution in [3.8, 4) is 16.9 Å². The van der Waals surface area contributed by atoms with Gasteiger partial charge in [-0.1, -0.05) is 67.1 Å². The summed E-state index contributed by atoms with van der Waals surface area (Å²) in [6.07, 6.45) is 4.58. The molecule has 1 aliphatic carbocycles. The summed E-state index contributed by atoms with van der Waals surface area (Å²) in [6.45, 7) is 2.27. The highest BCUT2D eigenvalue weighted by atomic mass is 15.4. The van der Waals surface area contributed by atoms with E-state index >= 15 is 0 Å². The smallest absolute Gasteiger partial charge is 0.113 e. The first kappa shape index (κ1) is 13.3. The van der Waals surface area contributed by atoms with Crippen molar-refractivity contribution >= 4 is 0 Å². The van der Waals surface area contributed by atoms with Gasteiger partial charge < -0.3 is 0 Å². The second kappa shape index (κ2) is 5.41. The monoisotopic (exact) mass is 289 g/mol. The number of rotatable bonds is 4. The van der Waals surface area contributed by atoms with Gasteiger partial charge in [-0.2, -0.15) is 0 Å². The number of hydrogen-bond donors (Lipinski definition) is 0. The molecule has 0 bridgehead atoms. The summed E-state index contributed by atoms with van der Waals surface area (Å²) in [5, 5.41) is 8.69. The lowest BCUT2D eigenvalue weighted by Gasteiger charge is -2.08. The second-order valence-corrected chi connectivity index (χ2v) is 5.98. The van der Waals surface area contributed by atoms with E-state index in [9.17, 15) is 0 Å². The molecule has 1 heterocycles. The SMILES string of the molecule is CC[C@@H]1C[C@H]1c1ccccc1-n1cc(-c2ccccc2)nn1. The fourth-order valence-corrected chi connectivity index (χ4v) is 3.21. The molecule has 0 aliphatic heterocycles. The summed E-state index contributed by atoms with van der Waals surface area (Å²) in [5.74, 6) is 1.52. The molecule has 22 heavy (non-hydrogen) atoms. The van der Waals surface area contributed by atoms with E-state index in [1.54, 1.807) is 0 Å². The minimum Gasteiger partial charge on any atom is -0.220 e. The van der Waals surface area contributed by atoms with E-state index in [1.807, 2.05) is 29.1 Å². The van der Waals surface area contributed by atoms with E-state index in [2.05, 4.69) is 53.6 Å². The Hall–Kier alpha value is -2.42. The molecule has 1 aromatic heterocycles. The molecule has 3 aromatic rings. The maximum Gasteiger partial charge on any atom is 0.113 e. The summed E-state index contributed by atoms with van der Waals surface area (Å²) in [5.41, 5.74) is 4.58. The van der Waals surface area contributed by atoms with Crippen LogP contribution in [0, 0.1) is 5.92 Å². The van der Waals surface area contributed by atoms with Crippen molar-refractivity contribution in [2.75, 3.05) is 0 Å². The van der Waals surface area contributed by atoms with Crippen molar-refractivity contribution in [1.29, 1.82) is 0 Å². The Labute approximate surface area is 130 Å². The van der Waals surface area contributed by atoms with E-state index in [0.29, 0.717) is 5.92 Å². The van der Waals surface area contributed by atoms with Gasteiger partial charge in [0.05, 0.1) is 11.9 Å². The molecule has 3 heteroatoms. The molecule has 0 N–H and O–H groups in total. The van der Waals surface area contributed by atoms with Gasteiger partial charge in [-0.3, -0.25) is 0 Å². The van der Waals surface area contributed by atoms with Crippen LogP contribution in [0.15, 0.2) is 60.8 Å². The van der Waals surface area contributed by atoms with E-state index < -0.39 is 0 Å². The Kier molecular flexibility index (Phi) is 3.26. The zero-order chi connectivity index (χ0) is 14.9. The van der Waals surface area contributed by atoms with Crippen LogP contribution in [0.2, 0.25) is 0 Å². The fraction of sp³-hybridized carbons (Fsp3) is 0.263. The maximum absolute atomic E-state index is 4.35. The summed E-state index contributed by atoms with van der Waals surface area (Å²) >= 11 is 0. The van der Waals surface area contributed by atoms with Crippen molar-refractivity contribution in [1.82, 2.24) is 15.0 Å². The van der Waals surface area contributed by atoms with Crippen molar-refractivity contribution in [2.45, 2.75) is 25.7 Å². The summed E-state index contributed by atoms with van der Waals surface area (Å²) < 4.78 is 1.92. The van der Waals surface area contributed by atoms with Crippen molar-refractivity contribution in [3.63, 3.8) is 0 Å². The first-order valence-corrected chi connectivity index (χ1v) is 7.94. The van der Waals surface area contributed by atoms with Crippen LogP contribution in [0.5, 0.6) is 0 Å². The average Bonchev–Trinajstić information content (AvgIpc) is 3.22. The fourth-order valence-electron chi connectivity index (χ4n) is 3.21. The third kappa shape index (κ3) is 2.33. The topological polar surface area (TPSA) is 30.7 Å². The number of benzene rings is 2. The highest BCUT2D eigenvalue weighted by molar-refractivity contribution is 5.58. The standard InChI is InChI=1S/C19H19N3/c1-2-14-12-17(14)16-10-6-7-11-19(16)22-13-18(20-21-22)15-8-4-3-5-9-15/h3-11,13-14,17H,2,12H2,1H3/t14-,17-/m1/s1. The Morgan fingerprint density at radius 1 is 1.05 bits per heavy atom. The lowest BCUT2D eigenvalue weighted by molar-refractivity contribution is 0.750. The largest absolute Gasteiger partial charge is 0.220 e. The zero-order valence-corrected chi connectivity index (χ0v) is 12.7. The lowest BCUT2D eigenvalue weighted by Crippen LogP contribution is -2.00. The number of para-hydroxylation sites is 1. The maximum atomic E-state index is 4.35. The molecule has 0 spiro atoms. The van der Waals surface area contributed by atoms with Crippen LogP contribution < -0.4 is 0 Å². The minimum atomic E-state index is 0.686. The van der Waals surface area contributed by atoms with Gasteiger partial charge in [0.1, 0.15) is 5.69 Å². The van der Waals surface area contributed by atoms with Crippen LogP contribution >= 0.6 is 0 Å². The number of aromatic nitrogens is 3. The van der Waals surface area contributed by atoms with Crippen LogP contribution in [0.4, 0.5) is 0 Å². The van der Waals surface area contributed by atoms with Crippen molar-refractivity contribution in [3.05, 3.63) is 66.4 Å². The molecule has 0 saturated heterocycles. The molecule has 1 saturated carbocycles. The molecule has 1 aliphatic rings. The molecular formula is C19H19N3. The van der Waals surface area contributed by atoms with Crippen molar-refractivity contribution in [2.24, 2.45) is 5.92 Å². The summed E-state index contributed by atoms with van der Waals surface area (Å²) in [7, 11) is 0. The molecule has 0 radical (unpaired) electrons. The Morgan fingerprint density at radius 2 is 1.82 bits per heavy atom. The molecule has 0 amide bonds. The zero-order valence-electron chi connectivity index (χ0n) is 12.7. The highest BCUT2D eigenvalue weighted by Gasteiger charge is 2.38. The molecule has 4 rings (SSSR count). The van der Waals surface area contributed by atoms with Crippen LogP contribution in [-0.4, -0.2) is 15.0 Å². The highest BCUT2D eigenvalue weighted by Crippen LogP contribution is 2.50. The Balaban J connectivity index is 1.70.